The van der Waals surface area contributed by atoms with Crippen LogP contribution in [0, 0.1) is 5.92 Å². The molecule has 0 aliphatic rings. The first-order valence-electron chi connectivity index (χ1n) is 4.75. The minimum absolute atomic E-state index is 0.00935. The Balaban J connectivity index is 2.88. The molecule has 0 fully saturated rings. The molecule has 1 N–H and O–H groups in total. The van der Waals surface area contributed by atoms with Crippen molar-refractivity contribution in [2.75, 3.05) is 0 Å². The average Bonchev–Trinajstić information content (AvgIpc) is 2.46. The Morgan fingerprint density at radius 2 is 2.21 bits per heavy atom. The Labute approximate surface area is 84.3 Å². The first kappa shape index (κ1) is 10.8. The summed E-state index contributed by atoms with van der Waals surface area (Å²) in [4.78, 5) is 15.1. The third-order valence-corrected chi connectivity index (χ3v) is 2.20. The quantitative estimate of drug-likeness (QED) is 0.789. The molecule has 1 rings (SSSR count). The van der Waals surface area contributed by atoms with Crippen molar-refractivity contribution in [3.8, 4) is 0 Å². The summed E-state index contributed by atoms with van der Waals surface area (Å²) in [5.41, 5.74) is 1.04. The molecule has 0 saturated heterocycles. The van der Waals surface area contributed by atoms with Crippen molar-refractivity contribution in [2.45, 2.75) is 26.8 Å². The SMILES string of the molecule is CC(=O)NC(c1cncn1C)C(C)C. The second kappa shape index (κ2) is 4.26. The van der Waals surface area contributed by atoms with E-state index in [2.05, 4.69) is 24.1 Å². The van der Waals surface area contributed by atoms with Crippen molar-refractivity contribution in [3.63, 3.8) is 0 Å². The lowest BCUT2D eigenvalue weighted by Crippen LogP contribution is -2.31. The van der Waals surface area contributed by atoms with Gasteiger partial charge in [0.15, 0.2) is 0 Å². The zero-order valence-corrected chi connectivity index (χ0v) is 9.11. The van der Waals surface area contributed by atoms with Gasteiger partial charge in [-0.05, 0) is 5.92 Å². The highest BCUT2D eigenvalue weighted by Gasteiger charge is 2.19. The molecule has 0 saturated carbocycles. The van der Waals surface area contributed by atoms with Gasteiger partial charge < -0.3 is 9.88 Å². The lowest BCUT2D eigenvalue weighted by Gasteiger charge is -2.21. The average molecular weight is 195 g/mol. The molecule has 14 heavy (non-hydrogen) atoms. The smallest absolute Gasteiger partial charge is 0.217 e. The van der Waals surface area contributed by atoms with Gasteiger partial charge in [-0.1, -0.05) is 13.8 Å². The maximum Gasteiger partial charge on any atom is 0.217 e. The van der Waals surface area contributed by atoms with Crippen LogP contribution in [0.4, 0.5) is 0 Å². The molecule has 0 aromatic carbocycles. The van der Waals surface area contributed by atoms with Gasteiger partial charge >= 0.3 is 0 Å². The number of imidazole rings is 1. The van der Waals surface area contributed by atoms with Crippen molar-refractivity contribution < 1.29 is 4.79 Å². The number of hydrogen-bond acceptors (Lipinski definition) is 2. The Bertz CT molecular complexity index is 317. The van der Waals surface area contributed by atoms with Gasteiger partial charge in [-0.25, -0.2) is 4.98 Å². The van der Waals surface area contributed by atoms with E-state index in [-0.39, 0.29) is 11.9 Å². The summed E-state index contributed by atoms with van der Waals surface area (Å²) < 4.78 is 1.93. The molecule has 0 spiro atoms. The molecule has 4 heteroatoms. The maximum atomic E-state index is 11.0. The molecule has 1 amide bonds. The molecule has 1 aromatic rings. The number of aryl methyl sites for hydroxylation is 1. The van der Waals surface area contributed by atoms with Crippen LogP contribution in [0.25, 0.3) is 0 Å². The largest absolute Gasteiger partial charge is 0.348 e. The highest BCUT2D eigenvalue weighted by molar-refractivity contribution is 5.73. The zero-order valence-electron chi connectivity index (χ0n) is 9.11. The van der Waals surface area contributed by atoms with E-state index in [0.717, 1.165) is 5.69 Å². The van der Waals surface area contributed by atoms with Gasteiger partial charge in [-0.2, -0.15) is 0 Å². The standard InChI is InChI=1S/C10H17N3O/c1-7(2)10(12-8(3)14)9-5-11-6-13(9)4/h5-7,10H,1-4H3,(H,12,14). The van der Waals surface area contributed by atoms with Crippen LogP contribution in [-0.2, 0) is 11.8 Å². The predicted octanol–water partition coefficient (Wildman–Crippen LogP) is 1.25. The topological polar surface area (TPSA) is 46.9 Å². The highest BCUT2D eigenvalue weighted by atomic mass is 16.1. The van der Waals surface area contributed by atoms with Crippen LogP contribution in [0.2, 0.25) is 0 Å². The van der Waals surface area contributed by atoms with Crippen LogP contribution in [-0.4, -0.2) is 15.5 Å². The fourth-order valence-corrected chi connectivity index (χ4v) is 1.47. The van der Waals surface area contributed by atoms with Crippen molar-refractivity contribution >= 4 is 5.91 Å². The van der Waals surface area contributed by atoms with Gasteiger partial charge in [0.05, 0.1) is 24.3 Å². The first-order valence-corrected chi connectivity index (χ1v) is 4.75. The first-order chi connectivity index (χ1) is 6.52. The molecular formula is C10H17N3O. The molecule has 0 aliphatic carbocycles. The number of carbonyl (C=O) groups is 1. The van der Waals surface area contributed by atoms with Crippen molar-refractivity contribution in [1.82, 2.24) is 14.9 Å². The van der Waals surface area contributed by atoms with E-state index in [1.54, 1.807) is 12.5 Å². The molecule has 1 unspecified atom stereocenters. The third-order valence-electron chi connectivity index (χ3n) is 2.20. The fourth-order valence-electron chi connectivity index (χ4n) is 1.47. The van der Waals surface area contributed by atoms with Gasteiger partial charge in [0, 0.05) is 14.0 Å². The van der Waals surface area contributed by atoms with Crippen LogP contribution in [0.1, 0.15) is 32.5 Å². The van der Waals surface area contributed by atoms with Gasteiger partial charge in [0.2, 0.25) is 5.91 Å². The van der Waals surface area contributed by atoms with E-state index in [4.69, 9.17) is 0 Å². The second-order valence-electron chi connectivity index (χ2n) is 3.85. The number of nitrogens with zero attached hydrogens (tertiary/aromatic N) is 2. The van der Waals surface area contributed by atoms with Crippen LogP contribution in [0.15, 0.2) is 12.5 Å². The second-order valence-corrected chi connectivity index (χ2v) is 3.85. The Morgan fingerprint density at radius 3 is 2.57 bits per heavy atom. The van der Waals surface area contributed by atoms with E-state index < -0.39 is 0 Å². The lowest BCUT2D eigenvalue weighted by atomic mass is 10.0. The lowest BCUT2D eigenvalue weighted by molar-refractivity contribution is -0.120. The number of rotatable bonds is 3. The number of aromatic nitrogens is 2. The van der Waals surface area contributed by atoms with Crippen LogP contribution < -0.4 is 5.32 Å². The third kappa shape index (κ3) is 2.34. The molecule has 1 aromatic heterocycles. The summed E-state index contributed by atoms with van der Waals surface area (Å²) in [7, 11) is 1.93. The van der Waals surface area contributed by atoms with Crippen LogP contribution >= 0.6 is 0 Å². The Morgan fingerprint density at radius 1 is 1.57 bits per heavy atom. The van der Waals surface area contributed by atoms with E-state index in [1.165, 1.54) is 6.92 Å². The monoisotopic (exact) mass is 195 g/mol. The number of carbonyl (C=O) groups excluding carboxylic acids is 1. The molecule has 0 radical (unpaired) electrons. The summed E-state index contributed by atoms with van der Waals surface area (Å²) in [5.74, 6) is 0.346. The number of hydrogen-bond donors (Lipinski definition) is 1. The van der Waals surface area contributed by atoms with Gasteiger partial charge in [-0.15, -0.1) is 0 Å². The molecule has 4 nitrogen and oxygen atoms in total. The van der Waals surface area contributed by atoms with Crippen LogP contribution in [0.3, 0.4) is 0 Å². The molecule has 78 valence electrons. The maximum absolute atomic E-state index is 11.0. The Hall–Kier alpha value is -1.32. The van der Waals surface area contributed by atoms with E-state index >= 15 is 0 Å². The summed E-state index contributed by atoms with van der Waals surface area (Å²) in [5, 5.41) is 2.92. The summed E-state index contributed by atoms with van der Waals surface area (Å²) in [6.07, 6.45) is 3.53. The Kier molecular flexibility index (Phi) is 3.28. The van der Waals surface area contributed by atoms with Gasteiger partial charge in [0.1, 0.15) is 0 Å². The number of nitrogens with one attached hydrogen (secondary N) is 1. The minimum Gasteiger partial charge on any atom is -0.348 e. The fraction of sp³-hybridized carbons (Fsp3) is 0.600. The minimum atomic E-state index is -0.00935. The summed E-state index contributed by atoms with van der Waals surface area (Å²) in [6.45, 7) is 5.69. The zero-order chi connectivity index (χ0) is 10.7. The summed E-state index contributed by atoms with van der Waals surface area (Å²) in [6, 6.07) is 0.0417. The van der Waals surface area contributed by atoms with E-state index in [1.807, 2.05) is 11.6 Å². The summed E-state index contributed by atoms with van der Waals surface area (Å²) >= 11 is 0. The van der Waals surface area contributed by atoms with E-state index in [0.29, 0.717) is 5.92 Å². The normalized spacial score (nSPS) is 12.9. The van der Waals surface area contributed by atoms with E-state index in [9.17, 15) is 4.79 Å². The van der Waals surface area contributed by atoms with Crippen molar-refractivity contribution in [1.29, 1.82) is 0 Å². The molecule has 1 heterocycles. The van der Waals surface area contributed by atoms with Gasteiger partial charge in [0.25, 0.3) is 0 Å². The molecule has 0 bridgehead atoms. The van der Waals surface area contributed by atoms with Crippen LogP contribution in [0.5, 0.6) is 0 Å². The van der Waals surface area contributed by atoms with Crippen molar-refractivity contribution in [3.05, 3.63) is 18.2 Å². The number of amides is 1. The predicted molar refractivity (Wildman–Crippen MR) is 54.6 cm³/mol. The molecule has 0 aliphatic heterocycles. The molecular weight excluding hydrogens is 178 g/mol. The molecule has 1 atom stereocenters. The van der Waals surface area contributed by atoms with Gasteiger partial charge in [-0.3, -0.25) is 4.79 Å². The highest BCUT2D eigenvalue weighted by Crippen LogP contribution is 2.20. The van der Waals surface area contributed by atoms with Crippen molar-refractivity contribution in [2.24, 2.45) is 13.0 Å².